The molecule has 1 rings (SSSR count). The number of likely N-dealkylation sites (N-methyl/N-ethyl adjacent to an activating group) is 1. The fourth-order valence-corrected chi connectivity index (χ4v) is 2.51. The van der Waals surface area contributed by atoms with Gasteiger partial charge in [0.1, 0.15) is 6.04 Å². The summed E-state index contributed by atoms with van der Waals surface area (Å²) in [5.41, 5.74) is 2.31. The summed E-state index contributed by atoms with van der Waals surface area (Å²) >= 11 is 0. The molecule has 1 unspecified atom stereocenters. The van der Waals surface area contributed by atoms with Gasteiger partial charge >= 0.3 is 0 Å². The Morgan fingerprint density at radius 3 is 2.80 bits per heavy atom. The molecule has 0 bridgehead atoms. The highest BCUT2D eigenvalue weighted by Gasteiger charge is 2.32. The van der Waals surface area contributed by atoms with Crippen molar-refractivity contribution in [2.45, 2.75) is 19.4 Å². The van der Waals surface area contributed by atoms with Crippen molar-refractivity contribution in [3.05, 3.63) is 23.4 Å². The highest BCUT2D eigenvalue weighted by Crippen LogP contribution is 2.25. The van der Waals surface area contributed by atoms with Crippen LogP contribution in [0, 0.1) is 0 Å². The average molecular weight is 281 g/mol. The Bertz CT molecular complexity index is 389. The van der Waals surface area contributed by atoms with E-state index in [9.17, 15) is 4.79 Å². The molecule has 1 amide bonds. The Morgan fingerprint density at radius 2 is 2.25 bits per heavy atom. The maximum Gasteiger partial charge on any atom is 0.242 e. The summed E-state index contributed by atoms with van der Waals surface area (Å²) in [5, 5.41) is 2.94. The van der Waals surface area contributed by atoms with E-state index >= 15 is 0 Å². The van der Waals surface area contributed by atoms with Gasteiger partial charge in [0, 0.05) is 46.4 Å². The largest absolute Gasteiger partial charge is 0.383 e. The molecule has 1 aliphatic rings. The Labute approximate surface area is 122 Å². The second kappa shape index (κ2) is 8.07. The maximum absolute atomic E-state index is 12.4. The predicted molar refractivity (Wildman–Crippen MR) is 81.4 cm³/mol. The van der Waals surface area contributed by atoms with Gasteiger partial charge in [-0.15, -0.1) is 0 Å². The zero-order chi connectivity index (χ0) is 15.1. The molecule has 0 saturated heterocycles. The fourth-order valence-electron chi connectivity index (χ4n) is 2.51. The molecule has 0 aliphatic carbocycles. The number of amides is 1. The van der Waals surface area contributed by atoms with Gasteiger partial charge in [0.25, 0.3) is 0 Å². The van der Waals surface area contributed by atoms with Crippen LogP contribution in [0.3, 0.4) is 0 Å². The third-order valence-corrected chi connectivity index (χ3v) is 3.51. The summed E-state index contributed by atoms with van der Waals surface area (Å²) in [6, 6.07) is -0.228. The molecule has 0 spiro atoms. The minimum absolute atomic E-state index is 0.0386. The molecule has 1 N–H and O–H groups in total. The van der Waals surface area contributed by atoms with Crippen LogP contribution in [0.1, 0.15) is 13.3 Å². The zero-order valence-corrected chi connectivity index (χ0v) is 13.3. The van der Waals surface area contributed by atoms with Crippen LogP contribution in [0.25, 0.3) is 0 Å². The van der Waals surface area contributed by atoms with Gasteiger partial charge in [0.15, 0.2) is 0 Å². The molecule has 5 nitrogen and oxygen atoms in total. The van der Waals surface area contributed by atoms with E-state index in [4.69, 9.17) is 4.74 Å². The zero-order valence-electron chi connectivity index (χ0n) is 13.3. The number of carbonyl (C=O) groups is 1. The predicted octanol–water partition coefficient (Wildman–Crippen LogP) is 0.845. The highest BCUT2D eigenvalue weighted by molar-refractivity contribution is 5.86. The molecular formula is C15H27N3O2. The van der Waals surface area contributed by atoms with Crippen LogP contribution in [-0.2, 0) is 9.53 Å². The fraction of sp³-hybridized carbons (Fsp3) is 0.667. The van der Waals surface area contributed by atoms with Crippen molar-refractivity contribution >= 4 is 5.91 Å². The molecule has 0 radical (unpaired) electrons. The van der Waals surface area contributed by atoms with Crippen LogP contribution in [0.15, 0.2) is 23.4 Å². The normalized spacial score (nSPS) is 20.6. The summed E-state index contributed by atoms with van der Waals surface area (Å²) in [7, 11) is 7.69. The van der Waals surface area contributed by atoms with Gasteiger partial charge < -0.3 is 15.0 Å². The molecule has 1 heterocycles. The van der Waals surface area contributed by atoms with Crippen LogP contribution in [0.2, 0.25) is 0 Å². The SMILES string of the molecule is C/C=C\C1=C(N(C)C)CCN(C)C1C(=O)NCCOC. The van der Waals surface area contributed by atoms with Gasteiger partial charge in [-0.25, -0.2) is 0 Å². The first-order valence-corrected chi connectivity index (χ1v) is 7.02. The number of methoxy groups -OCH3 is 1. The van der Waals surface area contributed by atoms with Crippen molar-refractivity contribution in [3.8, 4) is 0 Å². The number of allylic oxidation sites excluding steroid dienone is 1. The smallest absolute Gasteiger partial charge is 0.242 e. The molecule has 5 heteroatoms. The van der Waals surface area contributed by atoms with Crippen molar-refractivity contribution < 1.29 is 9.53 Å². The van der Waals surface area contributed by atoms with E-state index < -0.39 is 0 Å². The average Bonchev–Trinajstić information content (AvgIpc) is 2.39. The second-order valence-corrected chi connectivity index (χ2v) is 5.21. The number of nitrogens with one attached hydrogen (secondary N) is 1. The van der Waals surface area contributed by atoms with Gasteiger partial charge in [0.2, 0.25) is 5.91 Å². The van der Waals surface area contributed by atoms with E-state index in [2.05, 4.69) is 15.1 Å². The first-order chi connectivity index (χ1) is 9.52. The summed E-state index contributed by atoms with van der Waals surface area (Å²) in [4.78, 5) is 16.7. The van der Waals surface area contributed by atoms with Gasteiger partial charge in [-0.05, 0) is 19.5 Å². The standard InChI is InChI=1S/C15H27N3O2/c1-6-7-12-13(17(2)3)8-10-18(4)14(12)15(19)16-9-11-20-5/h6-7,14H,8-11H2,1-5H3,(H,16,19)/b7-6-. The quantitative estimate of drug-likeness (QED) is 0.733. The molecule has 0 aromatic carbocycles. The Morgan fingerprint density at radius 1 is 1.55 bits per heavy atom. The van der Waals surface area contributed by atoms with Gasteiger partial charge in [0.05, 0.1) is 6.61 Å². The Kier molecular flexibility index (Phi) is 6.75. The number of carbonyl (C=O) groups excluding carboxylic acids is 1. The number of hydrogen-bond donors (Lipinski definition) is 1. The summed E-state index contributed by atoms with van der Waals surface area (Å²) in [5.74, 6) is 0.0386. The van der Waals surface area contributed by atoms with Gasteiger partial charge in [-0.1, -0.05) is 12.2 Å². The second-order valence-electron chi connectivity index (χ2n) is 5.21. The van der Waals surface area contributed by atoms with Crippen LogP contribution in [0.4, 0.5) is 0 Å². The van der Waals surface area contributed by atoms with Crippen molar-refractivity contribution in [2.75, 3.05) is 47.9 Å². The first-order valence-electron chi connectivity index (χ1n) is 7.02. The van der Waals surface area contributed by atoms with E-state index in [1.165, 1.54) is 5.70 Å². The number of hydrogen-bond acceptors (Lipinski definition) is 4. The van der Waals surface area contributed by atoms with Crippen molar-refractivity contribution in [2.24, 2.45) is 0 Å². The Hall–Kier alpha value is -1.33. The van der Waals surface area contributed by atoms with E-state index in [0.717, 1.165) is 18.5 Å². The lowest BCUT2D eigenvalue weighted by Crippen LogP contribution is -2.50. The van der Waals surface area contributed by atoms with E-state index in [0.29, 0.717) is 13.2 Å². The number of rotatable bonds is 6. The monoisotopic (exact) mass is 281 g/mol. The van der Waals surface area contributed by atoms with E-state index in [1.54, 1.807) is 7.11 Å². The van der Waals surface area contributed by atoms with Crippen molar-refractivity contribution in [1.82, 2.24) is 15.1 Å². The van der Waals surface area contributed by atoms with Gasteiger partial charge in [-0.3, -0.25) is 9.69 Å². The molecule has 20 heavy (non-hydrogen) atoms. The molecule has 0 saturated carbocycles. The van der Waals surface area contributed by atoms with E-state index in [1.807, 2.05) is 40.2 Å². The van der Waals surface area contributed by atoms with E-state index in [-0.39, 0.29) is 11.9 Å². The van der Waals surface area contributed by atoms with Gasteiger partial charge in [-0.2, -0.15) is 0 Å². The van der Waals surface area contributed by atoms with Crippen LogP contribution < -0.4 is 5.32 Å². The molecule has 114 valence electrons. The lowest BCUT2D eigenvalue weighted by atomic mass is 9.95. The minimum Gasteiger partial charge on any atom is -0.383 e. The molecule has 0 fully saturated rings. The summed E-state index contributed by atoms with van der Waals surface area (Å²) in [6.07, 6.45) is 5.00. The number of ether oxygens (including phenoxy) is 1. The highest BCUT2D eigenvalue weighted by atomic mass is 16.5. The molecule has 0 aromatic heterocycles. The molecule has 0 aromatic rings. The topological polar surface area (TPSA) is 44.8 Å². The number of nitrogens with zero attached hydrogens (tertiary/aromatic N) is 2. The third kappa shape index (κ3) is 4.08. The van der Waals surface area contributed by atoms with Crippen LogP contribution >= 0.6 is 0 Å². The molecular weight excluding hydrogens is 254 g/mol. The third-order valence-electron chi connectivity index (χ3n) is 3.51. The minimum atomic E-state index is -0.228. The van der Waals surface area contributed by atoms with Crippen LogP contribution in [-0.4, -0.2) is 69.7 Å². The van der Waals surface area contributed by atoms with Crippen molar-refractivity contribution in [1.29, 1.82) is 0 Å². The van der Waals surface area contributed by atoms with Crippen LogP contribution in [0.5, 0.6) is 0 Å². The Balaban J connectivity index is 2.98. The van der Waals surface area contributed by atoms with Crippen molar-refractivity contribution in [3.63, 3.8) is 0 Å². The first kappa shape index (κ1) is 16.7. The summed E-state index contributed by atoms with van der Waals surface area (Å²) in [6.45, 7) is 3.94. The lowest BCUT2D eigenvalue weighted by molar-refractivity contribution is -0.125. The lowest BCUT2D eigenvalue weighted by Gasteiger charge is -2.36. The molecule has 1 atom stereocenters. The molecule has 1 aliphatic heterocycles. The maximum atomic E-state index is 12.4. The summed E-state index contributed by atoms with van der Waals surface area (Å²) < 4.78 is 4.98.